The molecule has 2 fully saturated rings. The smallest absolute Gasteiger partial charge is 0.317 e. The van der Waals surface area contributed by atoms with Crippen LogP contribution < -0.4 is 10.6 Å². The van der Waals surface area contributed by atoms with Crippen LogP contribution in [0.2, 0.25) is 0 Å². The summed E-state index contributed by atoms with van der Waals surface area (Å²) in [5.41, 5.74) is 2.99. The van der Waals surface area contributed by atoms with Gasteiger partial charge in [0, 0.05) is 0 Å². The number of hydrogen-bond donors (Lipinski definition) is 11. The summed E-state index contributed by atoms with van der Waals surface area (Å²) in [4.78, 5) is 64.7. The molecule has 2 aliphatic heterocycles. The fourth-order valence-corrected chi connectivity index (χ4v) is 4.07. The van der Waals surface area contributed by atoms with Crippen molar-refractivity contribution in [2.24, 2.45) is 11.8 Å². The molecule has 2 aromatic rings. The second kappa shape index (κ2) is 21.4. The zero-order valence-electron chi connectivity index (χ0n) is 22.6. The number of benzene rings is 2. The summed E-state index contributed by atoms with van der Waals surface area (Å²) in [5.74, 6) is 1.81. The van der Waals surface area contributed by atoms with E-state index in [2.05, 4.69) is 71.3 Å². The van der Waals surface area contributed by atoms with Crippen molar-refractivity contribution in [3.63, 3.8) is 0 Å². The van der Waals surface area contributed by atoms with E-state index in [1.54, 1.807) is 0 Å². The van der Waals surface area contributed by atoms with Crippen LogP contribution >= 0.6 is 23.5 Å². The molecule has 2 aliphatic rings. The Balaban J connectivity index is 0.000000533. The van der Waals surface area contributed by atoms with Crippen molar-refractivity contribution in [3.8, 4) is 0 Å². The SMILES string of the molecule is O=P(O)(O)O.O=P(O)(O)O.O=P(O)(O)O.c1ccc(CC2CCNCC2)cc1.c1ccc(CC2CCNCC2)cc1. The lowest BCUT2D eigenvalue weighted by Gasteiger charge is -2.22. The summed E-state index contributed by atoms with van der Waals surface area (Å²) in [6, 6.07) is 21.7. The summed E-state index contributed by atoms with van der Waals surface area (Å²) in [5, 5.41) is 6.80. The Bertz CT molecular complexity index is 924. The van der Waals surface area contributed by atoms with Crippen LogP contribution in [0.25, 0.3) is 0 Å². The highest BCUT2D eigenvalue weighted by Crippen LogP contribution is 2.26. The van der Waals surface area contributed by atoms with Crippen LogP contribution in [-0.2, 0) is 26.5 Å². The minimum atomic E-state index is -4.64. The van der Waals surface area contributed by atoms with Gasteiger partial charge in [-0.05, 0) is 87.7 Å². The molecule has 2 saturated heterocycles. The lowest BCUT2D eigenvalue weighted by Crippen LogP contribution is -2.28. The third-order valence-electron chi connectivity index (χ3n) is 5.65. The van der Waals surface area contributed by atoms with Gasteiger partial charge in [0.2, 0.25) is 0 Å². The molecule has 2 aromatic carbocycles. The Kier molecular flexibility index (Phi) is 20.7. The normalized spacial score (nSPS) is 16.2. The van der Waals surface area contributed by atoms with Gasteiger partial charge < -0.3 is 54.7 Å². The van der Waals surface area contributed by atoms with Gasteiger partial charge in [0.15, 0.2) is 0 Å². The Hall–Kier alpha value is -1.31. The highest BCUT2D eigenvalue weighted by atomic mass is 31.2. The standard InChI is InChI=1S/2C12H17N.3H3O4P/c2*1-2-4-11(5-3-1)10-12-6-8-13-9-7-12;3*1-5(2,3)4/h2*1-5,12-13H,6-10H2;3*(H3,1,2,3,4). The van der Waals surface area contributed by atoms with Crippen molar-refractivity contribution in [2.45, 2.75) is 38.5 Å². The molecular formula is C24H43N2O12P3. The molecule has 4 rings (SSSR count). The molecule has 14 nitrogen and oxygen atoms in total. The number of rotatable bonds is 4. The second-order valence-corrected chi connectivity index (χ2v) is 12.4. The fourth-order valence-electron chi connectivity index (χ4n) is 4.07. The van der Waals surface area contributed by atoms with Crippen LogP contribution in [0.3, 0.4) is 0 Å². The van der Waals surface area contributed by atoms with Crippen LogP contribution in [0.1, 0.15) is 36.8 Å². The molecule has 0 aliphatic carbocycles. The predicted octanol–water partition coefficient (Wildman–Crippen LogP) is 1.67. The summed E-state index contributed by atoms with van der Waals surface area (Å²) in [6.45, 7) is 4.82. The largest absolute Gasteiger partial charge is 0.466 e. The molecule has 11 N–H and O–H groups in total. The monoisotopic (exact) mass is 644 g/mol. The maximum atomic E-state index is 8.88. The molecule has 17 heteroatoms. The van der Waals surface area contributed by atoms with Gasteiger partial charge in [-0.25, -0.2) is 13.7 Å². The molecule has 41 heavy (non-hydrogen) atoms. The van der Waals surface area contributed by atoms with Gasteiger partial charge in [0.1, 0.15) is 0 Å². The van der Waals surface area contributed by atoms with E-state index in [9.17, 15) is 0 Å². The molecule has 0 saturated carbocycles. The van der Waals surface area contributed by atoms with E-state index in [0.717, 1.165) is 11.8 Å². The number of piperidine rings is 2. The molecule has 0 spiro atoms. The van der Waals surface area contributed by atoms with Crippen LogP contribution in [0.15, 0.2) is 60.7 Å². The Morgan fingerprint density at radius 2 is 0.707 bits per heavy atom. The highest BCUT2D eigenvalue weighted by Gasteiger charge is 2.13. The summed E-state index contributed by atoms with van der Waals surface area (Å²) >= 11 is 0. The first-order valence-electron chi connectivity index (χ1n) is 12.7. The highest BCUT2D eigenvalue weighted by molar-refractivity contribution is 7.45. The van der Waals surface area contributed by atoms with Gasteiger partial charge in [-0.15, -0.1) is 0 Å². The average Bonchev–Trinajstić information content (AvgIpc) is 2.84. The number of hydrogen-bond acceptors (Lipinski definition) is 5. The third kappa shape index (κ3) is 34.8. The molecule has 0 radical (unpaired) electrons. The van der Waals surface area contributed by atoms with E-state index in [4.69, 9.17) is 57.7 Å². The van der Waals surface area contributed by atoms with E-state index < -0.39 is 23.5 Å². The van der Waals surface area contributed by atoms with Crippen molar-refractivity contribution in [1.82, 2.24) is 10.6 Å². The van der Waals surface area contributed by atoms with E-state index in [-0.39, 0.29) is 0 Å². The molecule has 2 heterocycles. The number of phosphoric acid groups is 3. The minimum absolute atomic E-state index is 0.906. The Labute approximate surface area is 240 Å². The van der Waals surface area contributed by atoms with Crippen molar-refractivity contribution in [3.05, 3.63) is 71.8 Å². The van der Waals surface area contributed by atoms with Gasteiger partial charge in [0.05, 0.1) is 0 Å². The summed E-state index contributed by atoms with van der Waals surface area (Å²) in [7, 11) is -13.9. The zero-order chi connectivity index (χ0) is 31.4. The first-order chi connectivity index (χ1) is 18.9. The van der Waals surface area contributed by atoms with Gasteiger partial charge in [-0.2, -0.15) is 0 Å². The molecule has 0 atom stereocenters. The Morgan fingerprint density at radius 3 is 0.927 bits per heavy atom. The average molecular weight is 645 g/mol. The van der Waals surface area contributed by atoms with E-state index in [1.807, 2.05) is 0 Å². The van der Waals surface area contributed by atoms with Crippen LogP contribution in [0, 0.1) is 11.8 Å². The topological polar surface area (TPSA) is 257 Å². The van der Waals surface area contributed by atoms with Crippen LogP contribution in [0.5, 0.6) is 0 Å². The molecule has 0 bridgehead atoms. The van der Waals surface area contributed by atoms with Gasteiger partial charge in [-0.1, -0.05) is 60.7 Å². The lowest BCUT2D eigenvalue weighted by atomic mass is 9.91. The summed E-state index contributed by atoms with van der Waals surface area (Å²) < 4.78 is 26.6. The second-order valence-electron chi connectivity index (χ2n) is 9.31. The van der Waals surface area contributed by atoms with E-state index >= 15 is 0 Å². The molecule has 0 unspecified atom stereocenters. The number of nitrogens with one attached hydrogen (secondary N) is 2. The van der Waals surface area contributed by atoms with Crippen molar-refractivity contribution < 1.29 is 57.7 Å². The summed E-state index contributed by atoms with van der Waals surface area (Å²) in [6.07, 6.45) is 7.90. The molecule has 0 amide bonds. The van der Waals surface area contributed by atoms with Crippen molar-refractivity contribution in [2.75, 3.05) is 26.2 Å². The van der Waals surface area contributed by atoms with Crippen molar-refractivity contribution in [1.29, 1.82) is 0 Å². The molecule has 0 aromatic heterocycles. The van der Waals surface area contributed by atoms with Gasteiger partial charge in [0.25, 0.3) is 0 Å². The third-order valence-corrected chi connectivity index (χ3v) is 5.65. The minimum Gasteiger partial charge on any atom is -0.317 e. The van der Waals surface area contributed by atoms with Crippen molar-refractivity contribution >= 4 is 23.5 Å². The fraction of sp³-hybridized carbons (Fsp3) is 0.500. The maximum Gasteiger partial charge on any atom is 0.466 e. The lowest BCUT2D eigenvalue weighted by molar-refractivity contribution is 0.272. The maximum absolute atomic E-state index is 8.88. The van der Waals surface area contributed by atoms with Gasteiger partial charge in [-0.3, -0.25) is 0 Å². The predicted molar refractivity (Wildman–Crippen MR) is 154 cm³/mol. The zero-order valence-corrected chi connectivity index (χ0v) is 25.3. The van der Waals surface area contributed by atoms with E-state index in [0.29, 0.717) is 0 Å². The molecule has 236 valence electrons. The van der Waals surface area contributed by atoms with Crippen LogP contribution in [0.4, 0.5) is 0 Å². The molecular weight excluding hydrogens is 601 g/mol. The van der Waals surface area contributed by atoms with Crippen LogP contribution in [-0.4, -0.2) is 70.2 Å². The van der Waals surface area contributed by atoms with E-state index in [1.165, 1.54) is 75.8 Å². The Morgan fingerprint density at radius 1 is 0.488 bits per heavy atom. The first kappa shape index (κ1) is 39.7. The first-order valence-corrected chi connectivity index (χ1v) is 17.4. The van der Waals surface area contributed by atoms with Gasteiger partial charge >= 0.3 is 23.5 Å². The quantitative estimate of drug-likeness (QED) is 0.212.